The van der Waals surface area contributed by atoms with Gasteiger partial charge in [0.25, 0.3) is 0 Å². The Bertz CT molecular complexity index is 412. The molecular weight excluding hydrogens is 246 g/mol. The van der Waals surface area contributed by atoms with Gasteiger partial charge in [0.15, 0.2) is 0 Å². The molecule has 3 rings (SSSR count). The molecule has 1 aliphatic heterocycles. The van der Waals surface area contributed by atoms with Crippen molar-refractivity contribution in [2.24, 2.45) is 5.92 Å². The average molecular weight is 273 g/mol. The van der Waals surface area contributed by atoms with Gasteiger partial charge in [0.1, 0.15) is 0 Å². The van der Waals surface area contributed by atoms with Crippen LogP contribution in [0.1, 0.15) is 49.1 Å². The summed E-state index contributed by atoms with van der Waals surface area (Å²) in [5.74, 6) is 1.46. The normalized spacial score (nSPS) is 26.2. The van der Waals surface area contributed by atoms with Crippen LogP contribution in [0, 0.1) is 5.92 Å². The van der Waals surface area contributed by atoms with Crippen LogP contribution in [0.5, 0.6) is 0 Å². The zero-order valence-corrected chi connectivity index (χ0v) is 12.4. The molecule has 0 amide bonds. The van der Waals surface area contributed by atoms with E-state index in [-0.39, 0.29) is 0 Å². The number of hydrogen-bond acceptors (Lipinski definition) is 2. The Balaban J connectivity index is 1.43. The Kier molecular flexibility index (Phi) is 5.10. The molecule has 1 N–H and O–H groups in total. The molecule has 110 valence electrons. The molecule has 0 aromatic heterocycles. The van der Waals surface area contributed by atoms with Crippen LogP contribution >= 0.6 is 0 Å². The first-order chi connectivity index (χ1) is 9.93. The first-order valence-electron chi connectivity index (χ1n) is 8.30. The highest BCUT2D eigenvalue weighted by Crippen LogP contribution is 2.31. The van der Waals surface area contributed by atoms with Gasteiger partial charge in [0.2, 0.25) is 0 Å². The van der Waals surface area contributed by atoms with Crippen LogP contribution in [0.15, 0.2) is 24.3 Å². The summed E-state index contributed by atoms with van der Waals surface area (Å²) in [6, 6.07) is 8.92. The van der Waals surface area contributed by atoms with E-state index in [2.05, 4.69) is 29.6 Å². The summed E-state index contributed by atoms with van der Waals surface area (Å²) in [6.07, 6.45) is 7.80. The molecule has 1 fully saturated rings. The lowest BCUT2D eigenvalue weighted by Crippen LogP contribution is -2.30. The Morgan fingerprint density at radius 2 is 2.10 bits per heavy atom. The molecule has 1 aliphatic carbocycles. The Morgan fingerprint density at radius 1 is 1.15 bits per heavy atom. The lowest BCUT2D eigenvalue weighted by atomic mass is 9.83. The van der Waals surface area contributed by atoms with Gasteiger partial charge in [-0.15, -0.1) is 0 Å². The lowest BCUT2D eigenvalue weighted by Gasteiger charge is -2.26. The molecule has 2 unspecified atom stereocenters. The predicted molar refractivity (Wildman–Crippen MR) is 83.2 cm³/mol. The van der Waals surface area contributed by atoms with Crippen molar-refractivity contribution in [3.63, 3.8) is 0 Å². The van der Waals surface area contributed by atoms with Gasteiger partial charge in [-0.05, 0) is 68.7 Å². The number of nitrogens with one attached hydrogen (secondary N) is 1. The van der Waals surface area contributed by atoms with Crippen molar-refractivity contribution in [3.05, 3.63) is 35.4 Å². The van der Waals surface area contributed by atoms with Crippen molar-refractivity contribution in [2.45, 2.75) is 44.4 Å². The first-order valence-corrected chi connectivity index (χ1v) is 8.30. The lowest BCUT2D eigenvalue weighted by molar-refractivity contribution is 0.0996. The minimum atomic E-state index is 0.629. The summed E-state index contributed by atoms with van der Waals surface area (Å²) in [5.41, 5.74) is 3.09. The van der Waals surface area contributed by atoms with Gasteiger partial charge in [-0.25, -0.2) is 0 Å². The monoisotopic (exact) mass is 273 g/mol. The third-order valence-corrected chi connectivity index (χ3v) is 4.88. The third kappa shape index (κ3) is 3.62. The summed E-state index contributed by atoms with van der Waals surface area (Å²) < 4.78 is 6.00. The van der Waals surface area contributed by atoms with Gasteiger partial charge in [-0.1, -0.05) is 24.3 Å². The molecule has 2 nitrogen and oxygen atoms in total. The van der Waals surface area contributed by atoms with Crippen molar-refractivity contribution < 1.29 is 4.74 Å². The summed E-state index contributed by atoms with van der Waals surface area (Å²) in [5, 5.41) is 3.48. The molecule has 0 spiro atoms. The highest BCUT2D eigenvalue weighted by molar-refractivity contribution is 5.32. The quantitative estimate of drug-likeness (QED) is 0.829. The second-order valence-corrected chi connectivity index (χ2v) is 6.36. The summed E-state index contributed by atoms with van der Waals surface area (Å²) >= 11 is 0. The van der Waals surface area contributed by atoms with E-state index < -0.39 is 0 Å². The number of ether oxygens (including phenoxy) is 1. The maximum atomic E-state index is 6.00. The van der Waals surface area contributed by atoms with E-state index in [1.54, 1.807) is 5.56 Å². The molecule has 0 saturated carbocycles. The van der Waals surface area contributed by atoms with Crippen molar-refractivity contribution in [3.8, 4) is 0 Å². The van der Waals surface area contributed by atoms with Gasteiger partial charge >= 0.3 is 0 Å². The summed E-state index contributed by atoms with van der Waals surface area (Å²) in [6.45, 7) is 4.24. The van der Waals surface area contributed by atoms with Gasteiger partial charge in [0.05, 0.1) is 6.61 Å². The van der Waals surface area contributed by atoms with E-state index in [9.17, 15) is 0 Å². The van der Waals surface area contributed by atoms with E-state index in [1.807, 2.05) is 0 Å². The standard InChI is InChI=1S/C18H27NO/c1-2-9-18-16(6-1)7-3-8-17(18)14-20-12-10-15-5-4-11-19-13-15/h1-2,6,9,15,17,19H,3-5,7-8,10-14H2. The van der Waals surface area contributed by atoms with Crippen molar-refractivity contribution in [2.75, 3.05) is 26.3 Å². The second kappa shape index (κ2) is 7.24. The molecule has 2 heteroatoms. The van der Waals surface area contributed by atoms with Crippen molar-refractivity contribution >= 4 is 0 Å². The molecule has 1 aromatic rings. The van der Waals surface area contributed by atoms with Gasteiger partial charge in [0, 0.05) is 12.5 Å². The fourth-order valence-electron chi connectivity index (χ4n) is 3.67. The van der Waals surface area contributed by atoms with E-state index in [1.165, 1.54) is 57.2 Å². The molecule has 1 aromatic carbocycles. The maximum Gasteiger partial charge on any atom is 0.0534 e. The summed E-state index contributed by atoms with van der Waals surface area (Å²) in [7, 11) is 0. The minimum Gasteiger partial charge on any atom is -0.381 e. The molecular formula is C18H27NO. The molecule has 2 aliphatic rings. The topological polar surface area (TPSA) is 21.3 Å². The number of piperidine rings is 1. The smallest absolute Gasteiger partial charge is 0.0534 e. The highest BCUT2D eigenvalue weighted by Gasteiger charge is 2.20. The Hall–Kier alpha value is -0.860. The van der Waals surface area contributed by atoms with E-state index in [4.69, 9.17) is 4.74 Å². The Labute approximate surface area is 122 Å². The van der Waals surface area contributed by atoms with Gasteiger partial charge < -0.3 is 10.1 Å². The molecule has 0 radical (unpaired) electrons. The molecule has 1 saturated heterocycles. The zero-order valence-electron chi connectivity index (χ0n) is 12.4. The number of fused-ring (bicyclic) bond motifs is 1. The molecule has 20 heavy (non-hydrogen) atoms. The molecule has 0 bridgehead atoms. The number of rotatable bonds is 5. The number of aryl methyl sites for hydroxylation is 1. The van der Waals surface area contributed by atoms with E-state index in [0.29, 0.717) is 5.92 Å². The number of benzene rings is 1. The van der Waals surface area contributed by atoms with Crippen LogP contribution in [-0.4, -0.2) is 26.3 Å². The Morgan fingerprint density at radius 3 is 3.00 bits per heavy atom. The van der Waals surface area contributed by atoms with Gasteiger partial charge in [-0.2, -0.15) is 0 Å². The molecule has 2 atom stereocenters. The van der Waals surface area contributed by atoms with Crippen LogP contribution in [-0.2, 0) is 11.2 Å². The first kappa shape index (κ1) is 14.1. The maximum absolute atomic E-state index is 6.00. The fourth-order valence-corrected chi connectivity index (χ4v) is 3.67. The average Bonchev–Trinajstić information content (AvgIpc) is 2.53. The van der Waals surface area contributed by atoms with E-state index in [0.717, 1.165) is 19.1 Å². The van der Waals surface area contributed by atoms with Crippen molar-refractivity contribution in [1.82, 2.24) is 5.32 Å². The molecule has 1 heterocycles. The van der Waals surface area contributed by atoms with Crippen molar-refractivity contribution in [1.29, 1.82) is 0 Å². The number of hydrogen-bond donors (Lipinski definition) is 1. The van der Waals surface area contributed by atoms with Gasteiger partial charge in [-0.3, -0.25) is 0 Å². The largest absolute Gasteiger partial charge is 0.381 e. The van der Waals surface area contributed by atoms with E-state index >= 15 is 0 Å². The van der Waals surface area contributed by atoms with Crippen LogP contribution in [0.25, 0.3) is 0 Å². The van der Waals surface area contributed by atoms with Crippen LogP contribution in [0.2, 0.25) is 0 Å². The van der Waals surface area contributed by atoms with Crippen LogP contribution in [0.3, 0.4) is 0 Å². The SMILES string of the molecule is c1ccc2c(c1)CCCC2COCCC1CCCNC1. The summed E-state index contributed by atoms with van der Waals surface area (Å²) in [4.78, 5) is 0. The minimum absolute atomic E-state index is 0.629. The third-order valence-electron chi connectivity index (χ3n) is 4.88. The second-order valence-electron chi connectivity index (χ2n) is 6.36. The van der Waals surface area contributed by atoms with Crippen LogP contribution < -0.4 is 5.32 Å². The highest BCUT2D eigenvalue weighted by atomic mass is 16.5. The van der Waals surface area contributed by atoms with Crippen LogP contribution in [0.4, 0.5) is 0 Å². The fraction of sp³-hybridized carbons (Fsp3) is 0.667. The predicted octanol–water partition coefficient (Wildman–Crippen LogP) is 3.51. The zero-order chi connectivity index (χ0) is 13.6.